The van der Waals surface area contributed by atoms with Crippen LogP contribution in [-0.4, -0.2) is 41.5 Å². The zero-order chi connectivity index (χ0) is 20.3. The minimum Gasteiger partial charge on any atom is -0.466 e. The summed E-state index contributed by atoms with van der Waals surface area (Å²) in [6.07, 6.45) is 2.83. The maximum Gasteiger partial charge on any atom is 0.200 e. The van der Waals surface area contributed by atoms with E-state index in [4.69, 9.17) is 9.84 Å². The lowest BCUT2D eigenvalue weighted by Crippen LogP contribution is -2.58. The second-order valence-electron chi connectivity index (χ2n) is 8.71. The van der Waals surface area contributed by atoms with Crippen molar-refractivity contribution in [3.05, 3.63) is 76.3 Å². The van der Waals surface area contributed by atoms with Gasteiger partial charge in [0.1, 0.15) is 5.75 Å². The smallest absolute Gasteiger partial charge is 0.200 e. The molecule has 152 valence electrons. The third-order valence-corrected chi connectivity index (χ3v) is 7.30. The topological polar surface area (TPSA) is 28.1 Å². The number of fused-ring (bicyclic) bond motifs is 5. The molecule has 3 heterocycles. The molecule has 3 aromatic carbocycles. The molecule has 6 rings (SSSR count). The van der Waals surface area contributed by atoms with Gasteiger partial charge in [0.15, 0.2) is 0 Å². The molecule has 30 heavy (non-hydrogen) atoms. The first kappa shape index (κ1) is 18.4. The first-order valence-electron chi connectivity index (χ1n) is 10.6. The molecule has 0 saturated carbocycles. The number of likely N-dealkylation sites (tertiary alicyclic amines) is 1. The van der Waals surface area contributed by atoms with Crippen molar-refractivity contribution in [1.29, 1.82) is 0 Å². The van der Waals surface area contributed by atoms with Gasteiger partial charge in [-0.15, -0.1) is 0 Å². The summed E-state index contributed by atoms with van der Waals surface area (Å²) in [5, 5.41) is 10.0. The van der Waals surface area contributed by atoms with Crippen LogP contribution in [-0.2, 0) is 0 Å². The lowest BCUT2D eigenvalue weighted by molar-refractivity contribution is -0.147. The molecule has 0 aromatic heterocycles. The monoisotopic (exact) mass is 461 g/mol. The number of hydrogen-bond donors (Lipinski definition) is 0. The highest BCUT2D eigenvalue weighted by Gasteiger charge is 2.51. The van der Waals surface area contributed by atoms with Crippen LogP contribution < -0.4 is 4.74 Å². The molecule has 1 fully saturated rings. The van der Waals surface area contributed by atoms with Crippen LogP contribution in [0.4, 0.5) is 0 Å². The Bertz CT molecular complexity index is 1170. The maximum absolute atomic E-state index is 6.70. The van der Waals surface area contributed by atoms with Crippen LogP contribution in [0.2, 0.25) is 0 Å². The molecule has 1 saturated heterocycles. The summed E-state index contributed by atoms with van der Waals surface area (Å²) >= 11 is 3.65. The molecular weight excluding hydrogens is 438 g/mol. The van der Waals surface area contributed by atoms with Crippen LogP contribution in [0.1, 0.15) is 36.4 Å². The van der Waals surface area contributed by atoms with Crippen molar-refractivity contribution in [2.75, 3.05) is 20.1 Å². The molecule has 4 nitrogen and oxygen atoms in total. The molecule has 0 bridgehead atoms. The molecule has 0 amide bonds. The number of piperidine rings is 1. The van der Waals surface area contributed by atoms with Crippen LogP contribution >= 0.6 is 15.9 Å². The Labute approximate surface area is 185 Å². The van der Waals surface area contributed by atoms with Gasteiger partial charge in [-0.05, 0) is 47.6 Å². The van der Waals surface area contributed by atoms with Gasteiger partial charge in [-0.25, -0.2) is 5.01 Å². The third-order valence-electron chi connectivity index (χ3n) is 6.81. The van der Waals surface area contributed by atoms with Gasteiger partial charge < -0.3 is 9.64 Å². The van der Waals surface area contributed by atoms with E-state index in [1.165, 1.54) is 21.9 Å². The van der Waals surface area contributed by atoms with Crippen molar-refractivity contribution >= 4 is 32.4 Å². The third kappa shape index (κ3) is 2.87. The average Bonchev–Trinajstić information content (AvgIpc) is 3.23. The van der Waals surface area contributed by atoms with Crippen LogP contribution in [0, 0.1) is 0 Å². The SMILES string of the molecule is CN1CCC2(CC1)Oc1ccc(Br)cc1[C@@H]1CC(c3ccc4ccccc4c3)=NN12. The summed E-state index contributed by atoms with van der Waals surface area (Å²) < 4.78 is 7.79. The minimum absolute atomic E-state index is 0.219. The highest BCUT2D eigenvalue weighted by molar-refractivity contribution is 9.10. The second-order valence-corrected chi connectivity index (χ2v) is 9.62. The predicted octanol–water partition coefficient (Wildman–Crippen LogP) is 5.57. The number of hydrazone groups is 1. The number of nitrogens with zero attached hydrogens (tertiary/aromatic N) is 3. The Morgan fingerprint density at radius 3 is 2.63 bits per heavy atom. The van der Waals surface area contributed by atoms with E-state index in [-0.39, 0.29) is 11.8 Å². The van der Waals surface area contributed by atoms with Crippen LogP contribution in [0.15, 0.2) is 70.2 Å². The van der Waals surface area contributed by atoms with Gasteiger partial charge >= 0.3 is 0 Å². The molecule has 0 aliphatic carbocycles. The Morgan fingerprint density at radius 1 is 1.00 bits per heavy atom. The van der Waals surface area contributed by atoms with Crippen molar-refractivity contribution in [3.63, 3.8) is 0 Å². The average molecular weight is 462 g/mol. The van der Waals surface area contributed by atoms with E-state index in [1.807, 2.05) is 0 Å². The summed E-state index contributed by atoms with van der Waals surface area (Å²) in [4.78, 5) is 2.38. The lowest BCUT2D eigenvalue weighted by atomic mass is 9.90. The summed E-state index contributed by atoms with van der Waals surface area (Å²) in [6.45, 7) is 2.05. The molecule has 5 heteroatoms. The van der Waals surface area contributed by atoms with Gasteiger partial charge in [-0.2, -0.15) is 5.10 Å². The standard InChI is InChI=1S/C25H24BrN3O/c1-28-12-10-25(11-13-28)29-23(21-15-20(26)8-9-24(21)30-25)16-22(27-29)19-7-6-17-4-2-3-5-18(17)14-19/h2-9,14-15,23H,10-13,16H2,1H3/t23-/m0/s1. The van der Waals surface area contributed by atoms with E-state index in [1.54, 1.807) is 0 Å². The van der Waals surface area contributed by atoms with Crippen LogP contribution in [0.5, 0.6) is 5.75 Å². The number of ether oxygens (including phenoxy) is 1. The molecular formula is C25H24BrN3O. The van der Waals surface area contributed by atoms with Gasteiger partial charge in [0.25, 0.3) is 0 Å². The van der Waals surface area contributed by atoms with Crippen molar-refractivity contribution in [2.24, 2.45) is 5.10 Å². The van der Waals surface area contributed by atoms with Crippen molar-refractivity contribution in [1.82, 2.24) is 9.91 Å². The Hall–Kier alpha value is -2.37. The van der Waals surface area contributed by atoms with Crippen molar-refractivity contribution < 1.29 is 4.74 Å². The number of benzene rings is 3. The van der Waals surface area contributed by atoms with Gasteiger partial charge in [0.2, 0.25) is 5.72 Å². The predicted molar refractivity (Wildman–Crippen MR) is 124 cm³/mol. The molecule has 0 radical (unpaired) electrons. The van der Waals surface area contributed by atoms with E-state index in [9.17, 15) is 0 Å². The largest absolute Gasteiger partial charge is 0.466 e. The lowest BCUT2D eigenvalue weighted by Gasteiger charge is -2.50. The van der Waals surface area contributed by atoms with E-state index in [2.05, 4.69) is 93.6 Å². The van der Waals surface area contributed by atoms with Gasteiger partial charge in [-0.3, -0.25) is 0 Å². The summed E-state index contributed by atoms with van der Waals surface area (Å²) in [5.74, 6) is 1.01. The van der Waals surface area contributed by atoms with E-state index >= 15 is 0 Å². The van der Waals surface area contributed by atoms with Crippen LogP contribution in [0.25, 0.3) is 10.8 Å². The summed E-state index contributed by atoms with van der Waals surface area (Å²) in [6, 6.07) is 21.8. The van der Waals surface area contributed by atoms with Crippen molar-refractivity contribution in [2.45, 2.75) is 31.0 Å². The molecule has 3 aromatic rings. The molecule has 1 spiro atoms. The van der Waals surface area contributed by atoms with E-state index in [0.29, 0.717) is 0 Å². The van der Waals surface area contributed by atoms with E-state index in [0.717, 1.165) is 48.3 Å². The molecule has 3 aliphatic heterocycles. The first-order valence-corrected chi connectivity index (χ1v) is 11.4. The summed E-state index contributed by atoms with van der Waals surface area (Å²) in [7, 11) is 2.19. The Balaban J connectivity index is 1.45. The maximum atomic E-state index is 6.70. The number of hydrogen-bond acceptors (Lipinski definition) is 4. The molecule has 0 unspecified atom stereocenters. The zero-order valence-electron chi connectivity index (χ0n) is 17.0. The number of halogens is 1. The Kier molecular flexibility index (Phi) is 4.19. The van der Waals surface area contributed by atoms with Crippen molar-refractivity contribution in [3.8, 4) is 5.75 Å². The number of rotatable bonds is 1. The first-order chi connectivity index (χ1) is 14.6. The Morgan fingerprint density at radius 2 is 1.80 bits per heavy atom. The molecule has 3 aliphatic rings. The minimum atomic E-state index is -0.351. The normalized spacial score (nSPS) is 22.5. The fourth-order valence-corrected chi connectivity index (χ4v) is 5.47. The second kappa shape index (κ2) is 6.82. The summed E-state index contributed by atoms with van der Waals surface area (Å²) in [5.41, 5.74) is 3.24. The quantitative estimate of drug-likeness (QED) is 0.474. The zero-order valence-corrected chi connectivity index (χ0v) is 18.6. The fraction of sp³-hybridized carbons (Fsp3) is 0.320. The van der Waals surface area contributed by atoms with Crippen LogP contribution in [0.3, 0.4) is 0 Å². The van der Waals surface area contributed by atoms with Gasteiger partial charge in [0, 0.05) is 42.4 Å². The van der Waals surface area contributed by atoms with Gasteiger partial charge in [0.05, 0.1) is 11.8 Å². The van der Waals surface area contributed by atoms with E-state index < -0.39 is 0 Å². The molecule has 0 N–H and O–H groups in total. The van der Waals surface area contributed by atoms with Gasteiger partial charge in [-0.1, -0.05) is 52.3 Å². The highest BCUT2D eigenvalue weighted by atomic mass is 79.9. The fourth-order valence-electron chi connectivity index (χ4n) is 5.09. The highest BCUT2D eigenvalue weighted by Crippen LogP contribution is 2.50. The molecule has 1 atom stereocenters.